The number of nitrogens with zero attached hydrogens (tertiary/aromatic N) is 4. The van der Waals surface area contributed by atoms with Gasteiger partial charge in [0.05, 0.1) is 7.11 Å². The Kier molecular flexibility index (Phi) is 7.21. The van der Waals surface area contributed by atoms with Crippen LogP contribution in [0.25, 0.3) is 0 Å². The first kappa shape index (κ1) is 19.8. The number of hydrogen-bond donors (Lipinski definition) is 1. The third-order valence-electron chi connectivity index (χ3n) is 5.59. The molecule has 150 valence electrons. The van der Waals surface area contributed by atoms with Crippen LogP contribution in [0.5, 0.6) is 5.75 Å². The van der Waals surface area contributed by atoms with Crippen molar-refractivity contribution in [2.45, 2.75) is 19.8 Å². The summed E-state index contributed by atoms with van der Waals surface area (Å²) in [5.74, 6) is 2.59. The quantitative estimate of drug-likeness (QED) is 0.611. The van der Waals surface area contributed by atoms with Crippen LogP contribution in [-0.4, -0.2) is 82.3 Å². The molecule has 6 nitrogen and oxygen atoms in total. The molecule has 0 aliphatic carbocycles. The SMILES string of the molecule is CN=C(NCC(C)CN1CCCC1)N1CCN(c2cccc(OC)c2)CC1. The van der Waals surface area contributed by atoms with Gasteiger partial charge in [-0.05, 0) is 44.0 Å². The van der Waals surface area contributed by atoms with Crippen molar-refractivity contribution in [2.75, 3.05) is 71.4 Å². The smallest absolute Gasteiger partial charge is 0.193 e. The molecule has 27 heavy (non-hydrogen) atoms. The van der Waals surface area contributed by atoms with Gasteiger partial charge in [0, 0.05) is 58.1 Å². The van der Waals surface area contributed by atoms with Crippen molar-refractivity contribution in [3.05, 3.63) is 24.3 Å². The lowest BCUT2D eigenvalue weighted by Gasteiger charge is -2.38. The van der Waals surface area contributed by atoms with Gasteiger partial charge in [0.25, 0.3) is 0 Å². The largest absolute Gasteiger partial charge is 0.497 e. The molecule has 1 atom stereocenters. The molecule has 3 rings (SSSR count). The number of ether oxygens (including phenoxy) is 1. The number of piperazine rings is 1. The van der Waals surface area contributed by atoms with Crippen molar-refractivity contribution in [3.8, 4) is 5.75 Å². The molecule has 0 radical (unpaired) electrons. The second kappa shape index (κ2) is 9.83. The Hall–Kier alpha value is -1.95. The van der Waals surface area contributed by atoms with Crippen molar-refractivity contribution in [1.29, 1.82) is 0 Å². The third-order valence-corrected chi connectivity index (χ3v) is 5.59. The van der Waals surface area contributed by atoms with Gasteiger partial charge in [-0.25, -0.2) is 0 Å². The van der Waals surface area contributed by atoms with Crippen LogP contribution in [0.3, 0.4) is 0 Å². The van der Waals surface area contributed by atoms with E-state index in [-0.39, 0.29) is 0 Å². The van der Waals surface area contributed by atoms with Gasteiger partial charge < -0.3 is 24.8 Å². The number of aliphatic imine (C=N–C) groups is 1. The minimum Gasteiger partial charge on any atom is -0.497 e. The van der Waals surface area contributed by atoms with Crippen molar-refractivity contribution in [3.63, 3.8) is 0 Å². The van der Waals surface area contributed by atoms with Crippen LogP contribution in [0.4, 0.5) is 5.69 Å². The molecular formula is C21H35N5O. The summed E-state index contributed by atoms with van der Waals surface area (Å²) in [7, 11) is 3.61. The van der Waals surface area contributed by atoms with Gasteiger partial charge in [0.2, 0.25) is 0 Å². The summed E-state index contributed by atoms with van der Waals surface area (Å²) >= 11 is 0. The molecule has 2 aliphatic heterocycles. The highest BCUT2D eigenvalue weighted by Gasteiger charge is 2.21. The Morgan fingerprint density at radius 3 is 2.56 bits per heavy atom. The minimum atomic E-state index is 0.637. The number of guanidine groups is 1. The number of nitrogens with one attached hydrogen (secondary N) is 1. The standard InChI is InChI=1S/C21H35N5O/c1-18(17-24-9-4-5-10-24)16-23-21(22-2)26-13-11-25(12-14-26)19-7-6-8-20(15-19)27-3/h6-8,15,18H,4-5,9-14,16-17H2,1-3H3,(H,22,23). The molecule has 1 aromatic rings. The van der Waals surface area contributed by atoms with E-state index in [0.717, 1.165) is 44.4 Å². The number of rotatable bonds is 6. The molecule has 6 heteroatoms. The van der Waals surface area contributed by atoms with E-state index in [0.29, 0.717) is 5.92 Å². The molecule has 2 saturated heterocycles. The van der Waals surface area contributed by atoms with E-state index >= 15 is 0 Å². The van der Waals surface area contributed by atoms with Crippen LogP contribution in [0.2, 0.25) is 0 Å². The maximum absolute atomic E-state index is 5.35. The molecule has 0 spiro atoms. The van der Waals surface area contributed by atoms with Crippen molar-refractivity contribution in [1.82, 2.24) is 15.1 Å². The molecule has 2 aliphatic rings. The lowest BCUT2D eigenvalue weighted by atomic mass is 10.1. The van der Waals surface area contributed by atoms with E-state index in [1.165, 1.54) is 38.2 Å². The summed E-state index contributed by atoms with van der Waals surface area (Å²) in [5, 5.41) is 3.60. The van der Waals surface area contributed by atoms with E-state index in [9.17, 15) is 0 Å². The molecular weight excluding hydrogens is 338 g/mol. The Bertz CT molecular complexity index is 606. The molecule has 0 aromatic heterocycles. The van der Waals surface area contributed by atoms with E-state index in [1.54, 1.807) is 7.11 Å². The maximum atomic E-state index is 5.35. The van der Waals surface area contributed by atoms with E-state index in [1.807, 2.05) is 13.1 Å². The van der Waals surface area contributed by atoms with Crippen LogP contribution < -0.4 is 15.0 Å². The fraction of sp³-hybridized carbons (Fsp3) is 0.667. The highest BCUT2D eigenvalue weighted by molar-refractivity contribution is 5.80. The molecule has 2 fully saturated rings. The Balaban J connectivity index is 1.45. The summed E-state index contributed by atoms with van der Waals surface area (Å²) in [4.78, 5) is 11.9. The zero-order chi connectivity index (χ0) is 19.1. The van der Waals surface area contributed by atoms with Crippen molar-refractivity contribution in [2.24, 2.45) is 10.9 Å². The molecule has 0 amide bonds. The van der Waals surface area contributed by atoms with Crippen LogP contribution in [-0.2, 0) is 0 Å². The van der Waals surface area contributed by atoms with Gasteiger partial charge in [0.1, 0.15) is 5.75 Å². The van der Waals surface area contributed by atoms with Gasteiger partial charge in [-0.3, -0.25) is 4.99 Å². The average Bonchev–Trinajstić information content (AvgIpc) is 3.22. The molecule has 0 bridgehead atoms. The zero-order valence-corrected chi connectivity index (χ0v) is 17.2. The average molecular weight is 374 g/mol. The predicted octanol–water partition coefficient (Wildman–Crippen LogP) is 2.12. The zero-order valence-electron chi connectivity index (χ0n) is 17.2. The summed E-state index contributed by atoms with van der Waals surface area (Å²) in [6, 6.07) is 8.33. The molecule has 1 unspecified atom stereocenters. The fourth-order valence-corrected chi connectivity index (χ4v) is 4.05. The monoisotopic (exact) mass is 373 g/mol. The Morgan fingerprint density at radius 1 is 1.15 bits per heavy atom. The normalized spacial score (nSPS) is 20.0. The van der Waals surface area contributed by atoms with Gasteiger partial charge in [-0.2, -0.15) is 0 Å². The third kappa shape index (κ3) is 5.51. The second-order valence-corrected chi connectivity index (χ2v) is 7.72. The van der Waals surface area contributed by atoms with Crippen molar-refractivity contribution < 1.29 is 4.74 Å². The van der Waals surface area contributed by atoms with Crippen LogP contribution in [0.1, 0.15) is 19.8 Å². The summed E-state index contributed by atoms with van der Waals surface area (Å²) in [6.07, 6.45) is 2.72. The summed E-state index contributed by atoms with van der Waals surface area (Å²) in [6.45, 7) is 11.0. The van der Waals surface area contributed by atoms with Gasteiger partial charge in [0.15, 0.2) is 5.96 Å². The first-order valence-electron chi connectivity index (χ1n) is 10.3. The number of hydrogen-bond acceptors (Lipinski definition) is 4. The van der Waals surface area contributed by atoms with Gasteiger partial charge in [-0.15, -0.1) is 0 Å². The highest BCUT2D eigenvalue weighted by atomic mass is 16.5. The van der Waals surface area contributed by atoms with Gasteiger partial charge in [-0.1, -0.05) is 13.0 Å². The highest BCUT2D eigenvalue weighted by Crippen LogP contribution is 2.22. The molecule has 2 heterocycles. The Morgan fingerprint density at radius 2 is 1.89 bits per heavy atom. The predicted molar refractivity (Wildman–Crippen MR) is 113 cm³/mol. The van der Waals surface area contributed by atoms with E-state index in [2.05, 4.69) is 50.1 Å². The van der Waals surface area contributed by atoms with Gasteiger partial charge >= 0.3 is 0 Å². The van der Waals surface area contributed by atoms with Crippen LogP contribution in [0, 0.1) is 5.92 Å². The second-order valence-electron chi connectivity index (χ2n) is 7.72. The molecule has 1 N–H and O–H groups in total. The topological polar surface area (TPSA) is 43.3 Å². The first-order valence-corrected chi connectivity index (χ1v) is 10.3. The maximum Gasteiger partial charge on any atom is 0.193 e. The number of methoxy groups -OCH3 is 1. The lowest BCUT2D eigenvalue weighted by molar-refractivity contribution is 0.285. The summed E-state index contributed by atoms with van der Waals surface area (Å²) in [5.41, 5.74) is 1.23. The van der Waals surface area contributed by atoms with E-state index < -0.39 is 0 Å². The summed E-state index contributed by atoms with van der Waals surface area (Å²) < 4.78 is 5.35. The minimum absolute atomic E-state index is 0.637. The van der Waals surface area contributed by atoms with Crippen LogP contribution in [0.15, 0.2) is 29.3 Å². The van der Waals surface area contributed by atoms with E-state index in [4.69, 9.17) is 4.74 Å². The Labute approximate surface area is 164 Å². The lowest BCUT2D eigenvalue weighted by Crippen LogP contribution is -2.53. The molecule has 0 saturated carbocycles. The fourth-order valence-electron chi connectivity index (χ4n) is 4.05. The van der Waals surface area contributed by atoms with Crippen molar-refractivity contribution >= 4 is 11.6 Å². The first-order chi connectivity index (χ1) is 13.2. The molecule has 1 aromatic carbocycles. The number of likely N-dealkylation sites (tertiary alicyclic amines) is 1. The number of benzene rings is 1. The number of anilines is 1. The van der Waals surface area contributed by atoms with Crippen LogP contribution >= 0.6 is 0 Å².